The van der Waals surface area contributed by atoms with E-state index in [2.05, 4.69) is 29.6 Å². The van der Waals surface area contributed by atoms with Gasteiger partial charge in [0.2, 0.25) is 0 Å². The maximum absolute atomic E-state index is 14.3. The van der Waals surface area contributed by atoms with Crippen LogP contribution in [-0.2, 0) is 65.8 Å². The van der Waals surface area contributed by atoms with E-state index in [-0.39, 0.29) is 75.4 Å². The first-order valence-corrected chi connectivity index (χ1v) is 38.1. The highest BCUT2D eigenvalue weighted by Crippen LogP contribution is 2.42. The van der Waals surface area contributed by atoms with E-state index in [4.69, 9.17) is 59.5 Å². The summed E-state index contributed by atoms with van der Waals surface area (Å²) in [5, 5.41) is 2.91. The Bertz CT molecular complexity index is 6200. The predicted octanol–water partition coefficient (Wildman–Crippen LogP) is 13.3. The van der Waals surface area contributed by atoms with Gasteiger partial charge in [0.25, 0.3) is 62.3 Å². The van der Waals surface area contributed by atoms with Gasteiger partial charge in [-0.2, -0.15) is 0 Å². The fraction of sp³-hybridized carbons (Fsp3) is 0.127. The normalized spacial score (nSPS) is 13.8. The number of aromatic nitrogens is 4. The summed E-state index contributed by atoms with van der Waals surface area (Å²) in [6.07, 6.45) is 7.53. The van der Waals surface area contributed by atoms with Crippen molar-refractivity contribution in [3.05, 3.63) is 288 Å². The summed E-state index contributed by atoms with van der Waals surface area (Å²) < 4.78 is 126. The first-order valence-electron chi connectivity index (χ1n) is 30.8. The molecule has 22 nitrogen and oxygen atoms in total. The fourth-order valence-corrected chi connectivity index (χ4v) is 20.8. The van der Waals surface area contributed by atoms with Gasteiger partial charge in [-0.15, -0.1) is 0 Å². The molecule has 4 N–H and O–H groups in total. The number of nitrogens with one attached hydrogen (secondary N) is 4. The third-order valence-corrected chi connectivity index (χ3v) is 26.1. The second-order valence-electron chi connectivity index (χ2n) is 23.7. The molecule has 16 rings (SSSR count). The zero-order valence-corrected chi connectivity index (χ0v) is 59.2. The van der Waals surface area contributed by atoms with Gasteiger partial charge in [0.15, 0.2) is 11.4 Å². The molecule has 4 aromatic heterocycles. The van der Waals surface area contributed by atoms with Gasteiger partial charge in [-0.05, 0) is 157 Å². The molecule has 516 valence electrons. The van der Waals surface area contributed by atoms with Gasteiger partial charge in [0.1, 0.15) is 5.82 Å². The van der Waals surface area contributed by atoms with Crippen LogP contribution in [0.5, 0.6) is 0 Å². The lowest BCUT2D eigenvalue weighted by molar-refractivity contribution is 0.590. The van der Waals surface area contributed by atoms with E-state index in [1.807, 2.05) is 6.07 Å². The number of rotatable bonds is 8. The summed E-state index contributed by atoms with van der Waals surface area (Å²) in [5.74, 6) is -0.792. The van der Waals surface area contributed by atoms with Gasteiger partial charge >= 0.3 is 0 Å². The van der Waals surface area contributed by atoms with Gasteiger partial charge in [0.05, 0.1) is 49.5 Å². The van der Waals surface area contributed by atoms with Crippen LogP contribution in [0.15, 0.2) is 209 Å². The smallest absolute Gasteiger partial charge is 0.265 e. The molecule has 0 bridgehead atoms. The van der Waals surface area contributed by atoms with Crippen molar-refractivity contribution in [1.82, 2.24) is 19.9 Å². The van der Waals surface area contributed by atoms with Gasteiger partial charge in [-0.3, -0.25) is 36.4 Å². The zero-order chi connectivity index (χ0) is 72.5. The highest BCUT2D eigenvalue weighted by Gasteiger charge is 2.37. The molecule has 0 radical (unpaired) electrons. The Kier molecular flexibility index (Phi) is 18.7. The maximum atomic E-state index is 14.3. The van der Waals surface area contributed by atoms with Crippen molar-refractivity contribution in [2.45, 2.75) is 52.2 Å². The Balaban J connectivity index is 0.000000121. The Morgan fingerprint density at radius 1 is 0.382 bits per heavy atom. The van der Waals surface area contributed by atoms with E-state index in [1.165, 1.54) is 84.3 Å². The van der Waals surface area contributed by atoms with Gasteiger partial charge in [-0.25, -0.2) is 47.8 Å². The van der Waals surface area contributed by atoms with Crippen molar-refractivity contribution in [2.24, 2.45) is 0 Å². The van der Waals surface area contributed by atoms with Crippen LogP contribution in [-0.4, -0.2) is 79.8 Å². The number of H-pyrrole nitrogens is 4. The number of halogens is 5. The number of fused-ring (bicyclic) bond motifs is 8. The molecule has 0 unspecified atom stereocenters. The third-order valence-electron chi connectivity index (χ3n) is 17.7. The highest BCUT2D eigenvalue weighted by molar-refractivity contribution is 7.94. The lowest BCUT2D eigenvalue weighted by Gasteiger charge is -2.21. The number of pyridine rings is 4. The van der Waals surface area contributed by atoms with Crippen LogP contribution in [0.3, 0.4) is 0 Å². The van der Waals surface area contributed by atoms with Crippen molar-refractivity contribution in [2.75, 3.05) is 43.4 Å². The molecule has 0 saturated heterocycles. The average molecular weight is 1530 g/mol. The summed E-state index contributed by atoms with van der Waals surface area (Å²) in [4.78, 5) is 64.7. The van der Waals surface area contributed by atoms with Gasteiger partial charge in [0, 0.05) is 120 Å². The number of hydrogen-bond donors (Lipinski definition) is 4. The summed E-state index contributed by atoms with van der Waals surface area (Å²) >= 11 is 24.2. The largest absolute Gasteiger partial charge is 0.329 e. The van der Waals surface area contributed by atoms with E-state index in [0.717, 1.165) is 28.5 Å². The number of aryl methyl sites for hydroxylation is 1. The first kappa shape index (κ1) is 70.1. The fourth-order valence-electron chi connectivity index (χ4n) is 13.0. The van der Waals surface area contributed by atoms with Crippen LogP contribution >= 0.6 is 46.4 Å². The second-order valence-corrected chi connectivity index (χ2v) is 32.7. The Morgan fingerprint density at radius 3 is 1.15 bits per heavy atom. The minimum atomic E-state index is -4.05. The first-order chi connectivity index (χ1) is 48.6. The molecule has 8 aromatic carbocycles. The van der Waals surface area contributed by atoms with Crippen molar-refractivity contribution in [1.29, 1.82) is 0 Å². The van der Waals surface area contributed by atoms with Crippen LogP contribution in [0.25, 0.3) is 52.8 Å². The number of hydrogen-bond acceptors (Lipinski definition) is 12. The molecule has 0 spiro atoms. The summed E-state index contributed by atoms with van der Waals surface area (Å²) in [6.45, 7) is 17.2. The Hall–Kier alpha value is -10.3. The SMILES string of the molecule is O=c1[nH]cc(F)c2c(S(=O)(=O)N3CCc4ccc(Cl)cc43)cccc12.O=c1[nH]ccc2c(S(=O)(=O)N3CCc4ccc(Cl)cc43)cc(Cl)cc12.[C-]#[N+]c1ccc2c(c1)N(S(=O)(=O)c1cc(Cl)cc3c(=O)[nH]ccc13)CC2.[C-]#[N+]c1ccc2c(c1)N(S(=O)(=O)c1cccc3c(=O)[nH]cc(C)c13)CC2. The molecular formula is C71H51Cl4FN10O12S4. The van der Waals surface area contributed by atoms with E-state index in [0.29, 0.717) is 110 Å². The summed E-state index contributed by atoms with van der Waals surface area (Å²) in [5.41, 5.74) is 5.42. The molecule has 8 heterocycles. The van der Waals surface area contributed by atoms with E-state index in [9.17, 15) is 57.2 Å². The molecule has 0 atom stereocenters. The number of benzene rings is 8. The monoisotopic (exact) mass is 1520 g/mol. The van der Waals surface area contributed by atoms with Crippen LogP contribution in [0.2, 0.25) is 20.1 Å². The molecule has 31 heteroatoms. The average Bonchev–Trinajstić information content (AvgIpc) is 1.41. The summed E-state index contributed by atoms with van der Waals surface area (Å²) in [7, 11) is -15.8. The van der Waals surface area contributed by atoms with Crippen LogP contribution < -0.4 is 39.5 Å². The lowest BCUT2D eigenvalue weighted by atomic mass is 10.1. The molecule has 102 heavy (non-hydrogen) atoms. The van der Waals surface area contributed by atoms with Crippen LogP contribution in [0.1, 0.15) is 27.8 Å². The van der Waals surface area contributed by atoms with E-state index in [1.54, 1.807) is 97.9 Å². The van der Waals surface area contributed by atoms with Crippen molar-refractivity contribution >= 4 is 164 Å². The van der Waals surface area contributed by atoms with Crippen molar-refractivity contribution in [3.63, 3.8) is 0 Å². The third kappa shape index (κ3) is 12.7. The van der Waals surface area contributed by atoms with Gasteiger partial charge < -0.3 is 19.9 Å². The molecule has 4 aliphatic rings. The zero-order valence-electron chi connectivity index (χ0n) is 52.9. The quantitative estimate of drug-likeness (QED) is 0.103. The van der Waals surface area contributed by atoms with Crippen LogP contribution in [0, 0.1) is 25.9 Å². The number of anilines is 4. The molecule has 0 aliphatic carbocycles. The molecule has 4 aliphatic heterocycles. The van der Waals surface area contributed by atoms with Crippen molar-refractivity contribution in [3.8, 4) is 0 Å². The Morgan fingerprint density at radius 2 is 0.735 bits per heavy atom. The standard InChI is InChI=1S/C19H15N3O3S.C18H12ClN3O3S.C17H12Cl2N2O3S.C17H12ClFN2O3S/c1-12-11-21-19(23)15-4-3-5-17(18(12)15)26(24,25)22-9-8-13-6-7-14(20-2)10-16(13)22;1-20-13-3-2-11-5-7-22(16(11)10-13)26(24,25)17-9-12(19)8-15-14(17)4-6-21-18(15)23;18-11-2-1-10-4-6-21(15(10)8-11)25(23,24)16-9-12(19)7-14-13(16)3-5-20-17(14)22;18-11-5-4-10-6-7-21(14(10)8-11)25(23,24)15-3-1-2-12-16(15)13(19)9-20-17(12)22/h3-7,10-11H,8-9H2,1H3,(H,21,23);2-4,6,8-10H,5,7H2,(H,21,23);1-3,5,7-9H,4,6H2,(H,20,22);1-5,8-9H,6-7H2,(H,20,22). The topological polar surface area (TPSA) is 290 Å². The minimum Gasteiger partial charge on any atom is -0.329 e. The Labute approximate surface area is 601 Å². The maximum Gasteiger partial charge on any atom is 0.265 e. The highest BCUT2D eigenvalue weighted by atomic mass is 35.5. The van der Waals surface area contributed by atoms with Crippen molar-refractivity contribution < 1.29 is 38.1 Å². The van der Waals surface area contributed by atoms with E-state index >= 15 is 0 Å². The second kappa shape index (κ2) is 27.2. The minimum absolute atomic E-state index is 0.00779. The molecular weight excluding hydrogens is 1470 g/mol. The summed E-state index contributed by atoms with van der Waals surface area (Å²) in [6, 6.07) is 38.0. The molecule has 0 fully saturated rings. The lowest BCUT2D eigenvalue weighted by Crippen LogP contribution is -2.29. The number of nitrogens with zero attached hydrogens (tertiary/aromatic N) is 6. The predicted molar refractivity (Wildman–Crippen MR) is 394 cm³/mol. The van der Waals surface area contributed by atoms with E-state index < -0.39 is 57.0 Å². The van der Waals surface area contributed by atoms with Gasteiger partial charge in [-0.1, -0.05) is 94.9 Å². The number of sulfonamides is 4. The number of aromatic amines is 4. The van der Waals surface area contributed by atoms with Crippen LogP contribution in [0.4, 0.5) is 38.5 Å². The molecule has 12 aromatic rings. The molecule has 0 saturated carbocycles. The molecule has 0 amide bonds.